The van der Waals surface area contributed by atoms with Gasteiger partial charge in [-0.15, -0.1) is 0 Å². The fourth-order valence-corrected chi connectivity index (χ4v) is 3.72. The number of para-hydroxylation sites is 1. The normalized spacial score (nSPS) is 22.6. The summed E-state index contributed by atoms with van der Waals surface area (Å²) in [4.78, 5) is 0. The zero-order valence-corrected chi connectivity index (χ0v) is 12.4. The number of nitrogens with zero attached hydrogens (tertiary/aromatic N) is 2. The molecule has 1 aromatic heterocycles. The van der Waals surface area contributed by atoms with Gasteiger partial charge in [0.05, 0.1) is 25.0 Å². The Kier molecular flexibility index (Phi) is 2.74. The van der Waals surface area contributed by atoms with Gasteiger partial charge in [0.1, 0.15) is 5.75 Å². The van der Waals surface area contributed by atoms with Crippen LogP contribution in [0.15, 0.2) is 30.6 Å². The van der Waals surface area contributed by atoms with Crippen LogP contribution in [0.3, 0.4) is 0 Å². The molecule has 0 bridgehead atoms. The molecule has 4 rings (SSSR count). The van der Waals surface area contributed by atoms with Crippen LogP contribution >= 0.6 is 0 Å². The van der Waals surface area contributed by atoms with Gasteiger partial charge in [-0.25, -0.2) is 0 Å². The van der Waals surface area contributed by atoms with Gasteiger partial charge in [-0.2, -0.15) is 5.10 Å². The van der Waals surface area contributed by atoms with Crippen molar-refractivity contribution in [3.8, 4) is 16.9 Å². The summed E-state index contributed by atoms with van der Waals surface area (Å²) in [6, 6.07) is 6.42. The van der Waals surface area contributed by atoms with Gasteiger partial charge in [0, 0.05) is 17.3 Å². The minimum absolute atomic E-state index is 0.563. The monoisotopic (exact) mass is 283 g/mol. The Bertz CT molecular complexity index is 672. The Morgan fingerprint density at radius 2 is 2.19 bits per heavy atom. The Balaban J connectivity index is 1.64. The number of methoxy groups -OCH3 is 1. The summed E-state index contributed by atoms with van der Waals surface area (Å²) in [5.74, 6) is 0.738. The first-order valence-electron chi connectivity index (χ1n) is 7.68. The molecule has 2 saturated carbocycles. The molecule has 1 aromatic carbocycles. The Morgan fingerprint density at radius 1 is 1.33 bits per heavy atom. The number of anilines is 1. The largest absolute Gasteiger partial charge is 0.494 e. The predicted octanol–water partition coefficient (Wildman–Crippen LogP) is 3.65. The molecule has 1 atom stereocenters. The third kappa shape index (κ3) is 2.09. The summed E-state index contributed by atoms with van der Waals surface area (Å²) in [5.41, 5.74) is 9.43. The molecular formula is C17H21N3O. The molecule has 2 aliphatic carbocycles. The van der Waals surface area contributed by atoms with E-state index in [1.807, 2.05) is 24.4 Å². The molecule has 0 aliphatic heterocycles. The first kappa shape index (κ1) is 12.7. The van der Waals surface area contributed by atoms with E-state index in [9.17, 15) is 0 Å². The third-order valence-electron chi connectivity index (χ3n) is 5.17. The van der Waals surface area contributed by atoms with Gasteiger partial charge in [0.2, 0.25) is 0 Å². The number of rotatable bonds is 3. The summed E-state index contributed by atoms with van der Waals surface area (Å²) < 4.78 is 7.59. The van der Waals surface area contributed by atoms with Gasteiger partial charge in [-0.05, 0) is 43.6 Å². The summed E-state index contributed by atoms with van der Waals surface area (Å²) >= 11 is 0. The zero-order valence-electron chi connectivity index (χ0n) is 12.4. The maximum Gasteiger partial charge on any atom is 0.149 e. The van der Waals surface area contributed by atoms with Crippen molar-refractivity contribution in [2.45, 2.75) is 38.1 Å². The highest BCUT2D eigenvalue weighted by Gasteiger charge is 2.48. The Hall–Kier alpha value is -1.97. The van der Waals surface area contributed by atoms with Crippen LogP contribution < -0.4 is 10.5 Å². The molecule has 2 aromatic rings. The molecule has 2 aliphatic rings. The van der Waals surface area contributed by atoms with Crippen LogP contribution in [0.4, 0.5) is 5.69 Å². The highest BCUT2D eigenvalue weighted by molar-refractivity contribution is 5.76. The lowest BCUT2D eigenvalue weighted by Gasteiger charge is -2.11. The van der Waals surface area contributed by atoms with Gasteiger partial charge >= 0.3 is 0 Å². The fourth-order valence-electron chi connectivity index (χ4n) is 3.72. The van der Waals surface area contributed by atoms with Gasteiger partial charge in [-0.3, -0.25) is 4.68 Å². The second-order valence-electron chi connectivity index (χ2n) is 6.53. The van der Waals surface area contributed by atoms with Crippen LogP contribution in [-0.2, 0) is 0 Å². The van der Waals surface area contributed by atoms with E-state index in [1.165, 1.54) is 32.1 Å². The highest BCUT2D eigenvalue weighted by atomic mass is 16.5. The van der Waals surface area contributed by atoms with E-state index in [4.69, 9.17) is 10.5 Å². The van der Waals surface area contributed by atoms with E-state index in [-0.39, 0.29) is 0 Å². The first-order chi connectivity index (χ1) is 10.2. The zero-order chi connectivity index (χ0) is 14.4. The van der Waals surface area contributed by atoms with Crippen LogP contribution in [0.2, 0.25) is 0 Å². The molecule has 2 N–H and O–H groups in total. The first-order valence-corrected chi connectivity index (χ1v) is 7.68. The van der Waals surface area contributed by atoms with Crippen molar-refractivity contribution in [2.75, 3.05) is 12.8 Å². The number of ether oxygens (including phenoxy) is 1. The number of hydrogen-bond donors (Lipinski definition) is 1. The minimum atomic E-state index is 0.563. The van der Waals surface area contributed by atoms with Crippen LogP contribution in [0.5, 0.6) is 5.75 Å². The van der Waals surface area contributed by atoms with E-state index < -0.39 is 0 Å². The third-order valence-corrected chi connectivity index (χ3v) is 5.17. The maximum atomic E-state index is 5.99. The lowest BCUT2D eigenvalue weighted by molar-refractivity contribution is 0.418. The van der Waals surface area contributed by atoms with E-state index in [2.05, 4.69) is 16.0 Å². The lowest BCUT2D eigenvalue weighted by atomic mass is 10.1. The van der Waals surface area contributed by atoms with Crippen molar-refractivity contribution < 1.29 is 4.74 Å². The van der Waals surface area contributed by atoms with E-state index in [1.54, 1.807) is 7.11 Å². The number of hydrogen-bond acceptors (Lipinski definition) is 3. The second kappa shape index (κ2) is 4.52. The summed E-state index contributed by atoms with van der Waals surface area (Å²) in [7, 11) is 1.66. The van der Waals surface area contributed by atoms with E-state index >= 15 is 0 Å². The summed E-state index contributed by atoms with van der Waals surface area (Å²) in [6.07, 6.45) is 10.8. The molecule has 0 amide bonds. The predicted molar refractivity (Wildman–Crippen MR) is 83.2 cm³/mol. The number of nitrogen functional groups attached to an aromatic ring is 1. The quantitative estimate of drug-likeness (QED) is 0.875. The van der Waals surface area contributed by atoms with Gasteiger partial charge in [0.15, 0.2) is 0 Å². The molecule has 4 heteroatoms. The van der Waals surface area contributed by atoms with Crippen molar-refractivity contribution >= 4 is 5.69 Å². The second-order valence-corrected chi connectivity index (χ2v) is 6.53. The van der Waals surface area contributed by atoms with Crippen LogP contribution in [0.1, 0.15) is 38.1 Å². The topological polar surface area (TPSA) is 53.1 Å². The molecule has 1 spiro atoms. The lowest BCUT2D eigenvalue weighted by Crippen LogP contribution is -2.06. The molecule has 0 saturated heterocycles. The van der Waals surface area contributed by atoms with Crippen molar-refractivity contribution in [2.24, 2.45) is 5.41 Å². The van der Waals surface area contributed by atoms with Crippen molar-refractivity contribution in [3.63, 3.8) is 0 Å². The van der Waals surface area contributed by atoms with Gasteiger partial charge in [0.25, 0.3) is 0 Å². The minimum Gasteiger partial charge on any atom is -0.494 e. The standard InChI is InChI=1S/C17H21N3O/c1-21-16-14(3-2-4-15(16)18)12-10-19-20(11-12)13-5-6-17(9-13)7-8-17/h2-4,10-11,13H,5-9,18H2,1H3. The molecule has 2 fully saturated rings. The van der Waals surface area contributed by atoms with E-state index in [0.717, 1.165) is 16.9 Å². The smallest absolute Gasteiger partial charge is 0.149 e. The van der Waals surface area contributed by atoms with Crippen molar-refractivity contribution in [1.82, 2.24) is 9.78 Å². The fraction of sp³-hybridized carbons (Fsp3) is 0.471. The molecule has 4 nitrogen and oxygen atoms in total. The average Bonchev–Trinajstić information content (AvgIpc) is 2.88. The van der Waals surface area contributed by atoms with Crippen molar-refractivity contribution in [3.05, 3.63) is 30.6 Å². The molecule has 1 unspecified atom stereocenters. The van der Waals surface area contributed by atoms with Crippen LogP contribution in [0, 0.1) is 5.41 Å². The summed E-state index contributed by atoms with van der Waals surface area (Å²) in [6.45, 7) is 0. The molecule has 110 valence electrons. The number of nitrogens with two attached hydrogens (primary N) is 1. The molecule has 0 radical (unpaired) electrons. The summed E-state index contributed by atoms with van der Waals surface area (Å²) in [5, 5.41) is 4.59. The van der Waals surface area contributed by atoms with E-state index in [0.29, 0.717) is 17.1 Å². The Labute approximate surface area is 124 Å². The molecular weight excluding hydrogens is 262 g/mol. The van der Waals surface area contributed by atoms with Gasteiger partial charge in [-0.1, -0.05) is 12.1 Å². The Morgan fingerprint density at radius 3 is 2.90 bits per heavy atom. The van der Waals surface area contributed by atoms with Crippen LogP contribution in [0.25, 0.3) is 11.1 Å². The van der Waals surface area contributed by atoms with Crippen LogP contribution in [-0.4, -0.2) is 16.9 Å². The average molecular weight is 283 g/mol. The van der Waals surface area contributed by atoms with Gasteiger partial charge < -0.3 is 10.5 Å². The highest BCUT2D eigenvalue weighted by Crippen LogP contribution is 2.60. The number of benzene rings is 1. The maximum absolute atomic E-state index is 5.99. The molecule has 1 heterocycles. The van der Waals surface area contributed by atoms with Crippen molar-refractivity contribution in [1.29, 1.82) is 0 Å². The SMILES string of the molecule is COc1c(N)cccc1-c1cnn(C2CCC3(CC3)C2)c1. The number of aromatic nitrogens is 2. The molecule has 21 heavy (non-hydrogen) atoms.